The molecular weight excluding hydrogens is 288 g/mol. The molecule has 0 atom stereocenters. The molecule has 0 aromatic carbocycles. The highest BCUT2D eigenvalue weighted by Crippen LogP contribution is 2.32. The highest BCUT2D eigenvalue weighted by atomic mass is 32.1. The Labute approximate surface area is 126 Å². The van der Waals surface area contributed by atoms with E-state index in [0.29, 0.717) is 5.13 Å². The average Bonchev–Trinajstić information content (AvgIpc) is 2.96. The van der Waals surface area contributed by atoms with E-state index in [9.17, 15) is 4.79 Å². The number of rotatable bonds is 4. The zero-order valence-electron chi connectivity index (χ0n) is 11.6. The summed E-state index contributed by atoms with van der Waals surface area (Å²) in [5, 5.41) is 5.36. The van der Waals surface area contributed by atoms with Crippen LogP contribution in [-0.2, 0) is 4.79 Å². The van der Waals surface area contributed by atoms with Crippen molar-refractivity contribution in [3.63, 3.8) is 0 Å². The number of nitrogens with zero attached hydrogens (tertiary/aromatic N) is 1. The highest BCUT2D eigenvalue weighted by Gasteiger charge is 2.10. The van der Waals surface area contributed by atoms with Gasteiger partial charge in [-0.25, -0.2) is 4.98 Å². The molecule has 104 valence electrons. The van der Waals surface area contributed by atoms with E-state index in [1.54, 1.807) is 17.4 Å². The number of carbonyl (C=O) groups excluding carboxylic acids is 1. The lowest BCUT2D eigenvalue weighted by molar-refractivity contribution is -0.111. The fourth-order valence-electron chi connectivity index (χ4n) is 1.74. The molecule has 3 nitrogen and oxygen atoms in total. The van der Waals surface area contributed by atoms with Gasteiger partial charge in [-0.05, 0) is 26.8 Å². The van der Waals surface area contributed by atoms with E-state index in [1.807, 2.05) is 24.5 Å². The van der Waals surface area contributed by atoms with Crippen LogP contribution in [-0.4, -0.2) is 10.9 Å². The molecule has 0 unspecified atom stereocenters. The maximum atomic E-state index is 11.6. The van der Waals surface area contributed by atoms with E-state index in [4.69, 9.17) is 0 Å². The molecule has 2 aromatic heterocycles. The third-order valence-corrected chi connectivity index (χ3v) is 4.33. The van der Waals surface area contributed by atoms with Crippen molar-refractivity contribution in [1.82, 2.24) is 4.98 Å². The van der Waals surface area contributed by atoms with Gasteiger partial charge in [0.1, 0.15) is 0 Å². The maximum Gasteiger partial charge on any atom is 0.250 e. The maximum absolute atomic E-state index is 11.6. The van der Waals surface area contributed by atoms with Crippen LogP contribution in [0.1, 0.15) is 16.7 Å². The fraction of sp³-hybridized carbons (Fsp3) is 0.200. The Morgan fingerprint density at radius 3 is 2.80 bits per heavy atom. The monoisotopic (exact) mass is 304 g/mol. The third kappa shape index (κ3) is 3.65. The summed E-state index contributed by atoms with van der Waals surface area (Å²) in [7, 11) is 0. The largest absolute Gasteiger partial charge is 0.298 e. The first-order chi connectivity index (χ1) is 9.60. The Morgan fingerprint density at radius 2 is 2.15 bits per heavy atom. The minimum absolute atomic E-state index is 0.165. The van der Waals surface area contributed by atoms with E-state index in [1.165, 1.54) is 27.2 Å². The number of thiophene rings is 1. The summed E-state index contributed by atoms with van der Waals surface area (Å²) in [6, 6.07) is 2.13. The summed E-state index contributed by atoms with van der Waals surface area (Å²) in [6.07, 6.45) is 6.87. The van der Waals surface area contributed by atoms with Gasteiger partial charge in [0.25, 0.3) is 0 Å². The lowest BCUT2D eigenvalue weighted by atomic mass is 10.2. The van der Waals surface area contributed by atoms with Gasteiger partial charge in [-0.3, -0.25) is 10.1 Å². The van der Waals surface area contributed by atoms with Gasteiger partial charge in [0.05, 0.1) is 5.69 Å². The van der Waals surface area contributed by atoms with E-state index in [2.05, 4.69) is 30.2 Å². The van der Waals surface area contributed by atoms with Crippen LogP contribution in [0.15, 0.2) is 35.8 Å². The Morgan fingerprint density at radius 1 is 1.35 bits per heavy atom. The molecule has 2 rings (SSSR count). The van der Waals surface area contributed by atoms with Crippen molar-refractivity contribution in [2.24, 2.45) is 0 Å². The van der Waals surface area contributed by atoms with Crippen molar-refractivity contribution in [1.29, 1.82) is 0 Å². The lowest BCUT2D eigenvalue weighted by Crippen LogP contribution is -2.07. The van der Waals surface area contributed by atoms with Gasteiger partial charge in [0.2, 0.25) is 5.91 Å². The van der Waals surface area contributed by atoms with Crippen LogP contribution in [0, 0.1) is 13.8 Å². The number of aromatic nitrogens is 1. The summed E-state index contributed by atoms with van der Waals surface area (Å²) in [4.78, 5) is 18.6. The first kappa shape index (κ1) is 14.7. The minimum atomic E-state index is -0.165. The van der Waals surface area contributed by atoms with Crippen molar-refractivity contribution < 1.29 is 4.79 Å². The zero-order valence-corrected chi connectivity index (χ0v) is 13.3. The number of anilines is 1. The number of aryl methyl sites for hydroxylation is 2. The minimum Gasteiger partial charge on any atom is -0.298 e. The van der Waals surface area contributed by atoms with Crippen molar-refractivity contribution in [2.75, 3.05) is 5.32 Å². The van der Waals surface area contributed by atoms with Crippen molar-refractivity contribution in [2.45, 2.75) is 20.8 Å². The second-order valence-electron chi connectivity index (χ2n) is 4.24. The molecule has 0 spiro atoms. The quantitative estimate of drug-likeness (QED) is 0.664. The molecule has 0 fully saturated rings. The van der Waals surface area contributed by atoms with E-state index < -0.39 is 0 Å². The predicted octanol–water partition coefficient (Wildman–Crippen LogP) is 4.56. The molecule has 1 N–H and O–H groups in total. The van der Waals surface area contributed by atoms with Gasteiger partial charge in [-0.15, -0.1) is 22.7 Å². The summed E-state index contributed by atoms with van der Waals surface area (Å²) in [5.41, 5.74) is 2.07. The Bertz CT molecular complexity index is 665. The molecule has 2 heterocycles. The van der Waals surface area contributed by atoms with Gasteiger partial charge < -0.3 is 0 Å². The lowest BCUT2D eigenvalue weighted by Gasteiger charge is -1.95. The van der Waals surface area contributed by atoms with Crippen LogP contribution in [0.3, 0.4) is 0 Å². The zero-order chi connectivity index (χ0) is 14.5. The summed E-state index contributed by atoms with van der Waals surface area (Å²) in [6.45, 7) is 6.08. The van der Waals surface area contributed by atoms with Crippen LogP contribution in [0.25, 0.3) is 11.3 Å². The topological polar surface area (TPSA) is 42.0 Å². The molecule has 20 heavy (non-hydrogen) atoms. The first-order valence-electron chi connectivity index (χ1n) is 6.23. The smallest absolute Gasteiger partial charge is 0.250 e. The van der Waals surface area contributed by atoms with Crippen LogP contribution in [0.4, 0.5) is 5.13 Å². The number of hydrogen-bond donors (Lipinski definition) is 1. The van der Waals surface area contributed by atoms with Crippen LogP contribution >= 0.6 is 22.7 Å². The molecule has 5 heteroatoms. The van der Waals surface area contributed by atoms with Gasteiger partial charge in [-0.1, -0.05) is 18.2 Å². The number of amides is 1. The van der Waals surface area contributed by atoms with Crippen molar-refractivity contribution in [3.8, 4) is 11.3 Å². The molecule has 2 aromatic rings. The molecule has 0 aliphatic heterocycles. The molecule has 0 aliphatic rings. The van der Waals surface area contributed by atoms with Gasteiger partial charge >= 0.3 is 0 Å². The first-order valence-corrected chi connectivity index (χ1v) is 7.93. The van der Waals surface area contributed by atoms with Crippen molar-refractivity contribution in [3.05, 3.63) is 45.5 Å². The number of hydrogen-bond acceptors (Lipinski definition) is 4. The van der Waals surface area contributed by atoms with E-state index >= 15 is 0 Å². The van der Waals surface area contributed by atoms with Crippen LogP contribution < -0.4 is 5.32 Å². The Kier molecular flexibility index (Phi) is 4.87. The van der Waals surface area contributed by atoms with E-state index in [0.717, 1.165) is 11.3 Å². The van der Waals surface area contributed by atoms with Gasteiger partial charge in [0, 0.05) is 26.8 Å². The molecule has 0 saturated carbocycles. The number of nitrogens with one attached hydrogen (secondary N) is 1. The normalized spacial score (nSPS) is 11.6. The second-order valence-corrected chi connectivity index (χ2v) is 6.56. The molecule has 1 amide bonds. The summed E-state index contributed by atoms with van der Waals surface area (Å²) < 4.78 is 0. The number of thiazole rings is 1. The van der Waals surface area contributed by atoms with Crippen LogP contribution in [0.5, 0.6) is 0 Å². The molecule has 0 aliphatic carbocycles. The SMILES string of the molecule is CC=CC=CC(=O)Nc1nc(-c2cc(C)sc2C)cs1. The third-order valence-electron chi connectivity index (χ3n) is 2.60. The van der Waals surface area contributed by atoms with Crippen LogP contribution in [0.2, 0.25) is 0 Å². The molecule has 0 bridgehead atoms. The van der Waals surface area contributed by atoms with E-state index in [-0.39, 0.29) is 5.91 Å². The Hall–Kier alpha value is -1.72. The highest BCUT2D eigenvalue weighted by molar-refractivity contribution is 7.14. The standard InChI is InChI=1S/C15H16N2OS2/c1-4-5-6-7-14(18)17-15-16-13(9-19-15)12-8-10(2)20-11(12)3/h4-9H,1-3H3,(H,16,17,18). The summed E-state index contributed by atoms with van der Waals surface area (Å²) >= 11 is 3.20. The number of carbonyl (C=O) groups is 1. The number of allylic oxidation sites excluding steroid dienone is 3. The molecular formula is C15H16N2OS2. The van der Waals surface area contributed by atoms with Gasteiger partial charge in [0.15, 0.2) is 5.13 Å². The average molecular weight is 304 g/mol. The van der Waals surface area contributed by atoms with Gasteiger partial charge in [-0.2, -0.15) is 0 Å². The Balaban J connectivity index is 2.10. The summed E-state index contributed by atoms with van der Waals surface area (Å²) in [5.74, 6) is -0.165. The second kappa shape index (κ2) is 6.63. The van der Waals surface area contributed by atoms with Crippen molar-refractivity contribution >= 4 is 33.7 Å². The molecule has 0 radical (unpaired) electrons. The fourth-order valence-corrected chi connectivity index (χ4v) is 3.39. The predicted molar refractivity (Wildman–Crippen MR) is 87.5 cm³/mol. The molecule has 0 saturated heterocycles.